The Labute approximate surface area is 151 Å². The summed E-state index contributed by atoms with van der Waals surface area (Å²) < 4.78 is 0. The molecular weight excluding hydrogens is 312 g/mol. The van der Waals surface area contributed by atoms with Crippen LogP contribution in [-0.2, 0) is 6.42 Å². The predicted octanol–water partition coefficient (Wildman–Crippen LogP) is 6.56. The van der Waals surface area contributed by atoms with E-state index >= 15 is 0 Å². The van der Waals surface area contributed by atoms with Gasteiger partial charge in [-0.3, -0.25) is 4.98 Å². The monoisotopic (exact) mass is 344 g/mol. The SMILES string of the molecule is CCCCCCCC.CN1CCCc2cc(-c3cncs3)ccc21. The molecule has 0 saturated carbocycles. The number of hydrogen-bond donors (Lipinski definition) is 0. The van der Waals surface area contributed by atoms with E-state index in [1.54, 1.807) is 11.3 Å². The normalized spacial score (nSPS) is 13.2. The molecule has 0 unspecified atom stereocenters. The average molecular weight is 345 g/mol. The highest BCUT2D eigenvalue weighted by molar-refractivity contribution is 7.13. The highest BCUT2D eigenvalue weighted by Crippen LogP contribution is 2.31. The molecule has 2 heterocycles. The molecule has 1 aliphatic heterocycles. The molecule has 0 spiro atoms. The molecule has 24 heavy (non-hydrogen) atoms. The van der Waals surface area contributed by atoms with E-state index in [-0.39, 0.29) is 0 Å². The zero-order chi connectivity index (χ0) is 17.2. The third-order valence-electron chi connectivity index (χ3n) is 4.60. The third-order valence-corrected chi connectivity index (χ3v) is 5.43. The van der Waals surface area contributed by atoms with Crippen molar-refractivity contribution in [2.75, 3.05) is 18.5 Å². The molecule has 132 valence electrons. The van der Waals surface area contributed by atoms with Crippen LogP contribution in [0.5, 0.6) is 0 Å². The van der Waals surface area contributed by atoms with Crippen molar-refractivity contribution in [3.8, 4) is 10.4 Å². The van der Waals surface area contributed by atoms with Crippen LogP contribution in [0.15, 0.2) is 29.9 Å². The largest absolute Gasteiger partial charge is 0.374 e. The Balaban J connectivity index is 0.000000224. The fourth-order valence-electron chi connectivity index (χ4n) is 3.15. The van der Waals surface area contributed by atoms with Crippen LogP contribution in [0.1, 0.15) is 64.4 Å². The van der Waals surface area contributed by atoms with E-state index in [1.165, 1.54) is 79.6 Å². The minimum Gasteiger partial charge on any atom is -0.374 e. The minimum absolute atomic E-state index is 1.17. The molecule has 0 radical (unpaired) electrons. The Morgan fingerprint density at radius 3 is 2.46 bits per heavy atom. The van der Waals surface area contributed by atoms with Gasteiger partial charge in [0.25, 0.3) is 0 Å². The number of aromatic nitrogens is 1. The summed E-state index contributed by atoms with van der Waals surface area (Å²) in [5.41, 5.74) is 6.05. The lowest BCUT2D eigenvalue weighted by molar-refractivity contribution is 0.624. The van der Waals surface area contributed by atoms with Crippen LogP contribution in [-0.4, -0.2) is 18.6 Å². The highest BCUT2D eigenvalue weighted by Gasteiger charge is 2.14. The molecule has 3 rings (SSSR count). The molecule has 0 fully saturated rings. The maximum Gasteiger partial charge on any atom is 0.0797 e. The molecular formula is C21H32N2S. The van der Waals surface area contributed by atoms with E-state index in [9.17, 15) is 0 Å². The molecule has 1 aromatic heterocycles. The zero-order valence-corrected chi connectivity index (χ0v) is 16.4. The van der Waals surface area contributed by atoms with E-state index in [4.69, 9.17) is 0 Å². The lowest BCUT2D eigenvalue weighted by atomic mass is 9.99. The van der Waals surface area contributed by atoms with Crippen molar-refractivity contribution in [1.29, 1.82) is 0 Å². The number of thiazole rings is 1. The Morgan fingerprint density at radius 2 is 1.83 bits per heavy atom. The molecule has 0 saturated heterocycles. The Hall–Kier alpha value is -1.35. The molecule has 3 heteroatoms. The van der Waals surface area contributed by atoms with Crippen LogP contribution in [0, 0.1) is 0 Å². The van der Waals surface area contributed by atoms with Gasteiger partial charge < -0.3 is 4.90 Å². The van der Waals surface area contributed by atoms with Gasteiger partial charge in [0.15, 0.2) is 0 Å². The van der Waals surface area contributed by atoms with Crippen molar-refractivity contribution in [3.05, 3.63) is 35.5 Å². The number of unbranched alkanes of at least 4 members (excludes halogenated alkanes) is 5. The van der Waals surface area contributed by atoms with Gasteiger partial charge in [0.05, 0.1) is 10.4 Å². The van der Waals surface area contributed by atoms with Crippen LogP contribution in [0.25, 0.3) is 10.4 Å². The topological polar surface area (TPSA) is 16.1 Å². The first-order valence-corrected chi connectivity index (χ1v) is 10.4. The van der Waals surface area contributed by atoms with Crippen molar-refractivity contribution >= 4 is 17.0 Å². The van der Waals surface area contributed by atoms with Gasteiger partial charge in [-0.15, -0.1) is 11.3 Å². The Morgan fingerprint density at radius 1 is 1.08 bits per heavy atom. The molecule has 0 amide bonds. The first-order chi connectivity index (χ1) is 11.8. The second kappa shape index (κ2) is 10.5. The predicted molar refractivity (Wildman–Crippen MR) is 108 cm³/mol. The lowest BCUT2D eigenvalue weighted by Crippen LogP contribution is -2.24. The van der Waals surface area contributed by atoms with E-state index in [0.717, 1.165) is 0 Å². The molecule has 1 aliphatic rings. The van der Waals surface area contributed by atoms with Crippen molar-refractivity contribution in [3.63, 3.8) is 0 Å². The van der Waals surface area contributed by atoms with E-state index in [1.807, 2.05) is 11.7 Å². The average Bonchev–Trinajstić information content (AvgIpc) is 3.14. The fourth-order valence-corrected chi connectivity index (χ4v) is 3.77. The standard InChI is InChI=1S/C13H14N2S.C8H18/c1-15-6-2-3-10-7-11(4-5-12(10)15)13-8-14-9-16-13;1-3-5-7-8-6-4-2/h4-5,7-9H,2-3,6H2,1H3;3-8H2,1-2H3. The highest BCUT2D eigenvalue weighted by atomic mass is 32.1. The van der Waals surface area contributed by atoms with Crippen molar-refractivity contribution in [2.24, 2.45) is 0 Å². The van der Waals surface area contributed by atoms with Crippen LogP contribution in [0.4, 0.5) is 5.69 Å². The second-order valence-electron chi connectivity index (χ2n) is 6.65. The third kappa shape index (κ3) is 5.62. The van der Waals surface area contributed by atoms with Gasteiger partial charge in [0, 0.05) is 25.5 Å². The maximum absolute atomic E-state index is 4.13. The number of anilines is 1. The summed E-state index contributed by atoms with van der Waals surface area (Å²) in [6, 6.07) is 6.76. The summed E-state index contributed by atoms with van der Waals surface area (Å²) in [5.74, 6) is 0. The molecule has 1 aromatic carbocycles. The number of rotatable bonds is 6. The van der Waals surface area contributed by atoms with Gasteiger partial charge in [-0.2, -0.15) is 0 Å². The van der Waals surface area contributed by atoms with Gasteiger partial charge in [0.2, 0.25) is 0 Å². The van der Waals surface area contributed by atoms with Crippen molar-refractivity contribution in [2.45, 2.75) is 65.2 Å². The van der Waals surface area contributed by atoms with Gasteiger partial charge in [-0.1, -0.05) is 58.4 Å². The van der Waals surface area contributed by atoms with E-state index < -0.39 is 0 Å². The fraction of sp³-hybridized carbons (Fsp3) is 0.571. The van der Waals surface area contributed by atoms with Crippen LogP contribution >= 0.6 is 11.3 Å². The summed E-state index contributed by atoms with van der Waals surface area (Å²) in [4.78, 5) is 7.74. The van der Waals surface area contributed by atoms with Gasteiger partial charge in [-0.05, 0) is 36.1 Å². The maximum atomic E-state index is 4.13. The molecule has 0 atom stereocenters. The first-order valence-electron chi connectivity index (χ1n) is 9.49. The molecule has 2 aromatic rings. The molecule has 0 aliphatic carbocycles. The number of aryl methyl sites for hydroxylation is 1. The number of benzene rings is 1. The summed E-state index contributed by atoms with van der Waals surface area (Å²) in [6.07, 6.45) is 12.9. The smallest absolute Gasteiger partial charge is 0.0797 e. The van der Waals surface area contributed by atoms with Crippen LogP contribution < -0.4 is 4.90 Å². The minimum atomic E-state index is 1.17. The summed E-state index contributed by atoms with van der Waals surface area (Å²) in [5, 5.41) is 0. The quantitative estimate of drug-likeness (QED) is 0.552. The van der Waals surface area contributed by atoms with Crippen LogP contribution in [0.3, 0.4) is 0 Å². The van der Waals surface area contributed by atoms with Gasteiger partial charge in [-0.25, -0.2) is 0 Å². The van der Waals surface area contributed by atoms with E-state index in [0.29, 0.717) is 0 Å². The Kier molecular flexibility index (Phi) is 8.31. The molecule has 2 nitrogen and oxygen atoms in total. The number of nitrogens with zero attached hydrogens (tertiary/aromatic N) is 2. The second-order valence-corrected chi connectivity index (χ2v) is 7.53. The number of fused-ring (bicyclic) bond motifs is 1. The summed E-state index contributed by atoms with van der Waals surface area (Å²) in [7, 11) is 2.17. The molecule has 0 bridgehead atoms. The van der Waals surface area contributed by atoms with Gasteiger partial charge >= 0.3 is 0 Å². The first kappa shape index (κ1) is 19.0. The Bertz CT molecular complexity index is 572. The van der Waals surface area contributed by atoms with Crippen molar-refractivity contribution < 1.29 is 0 Å². The van der Waals surface area contributed by atoms with Crippen LogP contribution in [0.2, 0.25) is 0 Å². The lowest BCUT2D eigenvalue weighted by Gasteiger charge is -2.27. The molecule has 0 N–H and O–H groups in total. The van der Waals surface area contributed by atoms with Crippen molar-refractivity contribution in [1.82, 2.24) is 4.98 Å². The van der Waals surface area contributed by atoms with E-state index in [2.05, 4.69) is 49.0 Å². The number of hydrogen-bond acceptors (Lipinski definition) is 3. The van der Waals surface area contributed by atoms with Gasteiger partial charge in [0.1, 0.15) is 0 Å². The summed E-state index contributed by atoms with van der Waals surface area (Å²) >= 11 is 1.70. The summed E-state index contributed by atoms with van der Waals surface area (Å²) in [6.45, 7) is 5.69. The zero-order valence-electron chi connectivity index (χ0n) is 15.6.